The van der Waals surface area contributed by atoms with Gasteiger partial charge in [0.25, 0.3) is 0 Å². The zero-order valence-corrected chi connectivity index (χ0v) is 12.6. The van der Waals surface area contributed by atoms with Crippen molar-refractivity contribution in [2.45, 2.75) is 40.2 Å². The molecule has 4 nitrogen and oxygen atoms in total. The third-order valence-electron chi connectivity index (χ3n) is 2.48. The molecule has 0 radical (unpaired) electrons. The van der Waals surface area contributed by atoms with Crippen LogP contribution in [0.5, 0.6) is 0 Å². The van der Waals surface area contributed by atoms with Gasteiger partial charge in [0.1, 0.15) is 22.4 Å². The first kappa shape index (κ1) is 14.2. The Kier molecular flexibility index (Phi) is 5.68. The van der Waals surface area contributed by atoms with Crippen molar-refractivity contribution >= 4 is 27.6 Å². The van der Waals surface area contributed by atoms with Crippen LogP contribution < -0.4 is 10.2 Å². The monoisotopic (exact) mass is 300 g/mol. The molecule has 1 aromatic heterocycles. The SMILES string of the molecule is CCCN(c1ncnc(NCC)c1Br)C(C)C. The molecule has 0 saturated heterocycles. The summed E-state index contributed by atoms with van der Waals surface area (Å²) in [5, 5.41) is 3.23. The number of halogens is 1. The second-order valence-corrected chi connectivity index (χ2v) is 4.97. The van der Waals surface area contributed by atoms with Crippen LogP contribution in [-0.2, 0) is 0 Å². The smallest absolute Gasteiger partial charge is 0.148 e. The number of rotatable bonds is 6. The summed E-state index contributed by atoms with van der Waals surface area (Å²) in [7, 11) is 0. The minimum atomic E-state index is 0.427. The summed E-state index contributed by atoms with van der Waals surface area (Å²) in [5.74, 6) is 1.83. The van der Waals surface area contributed by atoms with E-state index >= 15 is 0 Å². The highest BCUT2D eigenvalue weighted by Gasteiger charge is 2.16. The molecule has 0 unspecified atom stereocenters. The Morgan fingerprint density at radius 1 is 1.35 bits per heavy atom. The molecule has 1 heterocycles. The summed E-state index contributed by atoms with van der Waals surface area (Å²) in [6.45, 7) is 10.4. The summed E-state index contributed by atoms with van der Waals surface area (Å²) >= 11 is 3.59. The van der Waals surface area contributed by atoms with E-state index in [2.05, 4.69) is 63.8 Å². The molecule has 0 fully saturated rings. The Bertz CT molecular complexity index is 354. The highest BCUT2D eigenvalue weighted by Crippen LogP contribution is 2.30. The van der Waals surface area contributed by atoms with E-state index in [1.165, 1.54) is 0 Å². The van der Waals surface area contributed by atoms with Gasteiger partial charge in [0, 0.05) is 19.1 Å². The van der Waals surface area contributed by atoms with Crippen molar-refractivity contribution in [3.63, 3.8) is 0 Å². The maximum atomic E-state index is 4.39. The van der Waals surface area contributed by atoms with Crippen molar-refractivity contribution < 1.29 is 0 Å². The molecule has 0 aliphatic carbocycles. The van der Waals surface area contributed by atoms with E-state index in [0.717, 1.165) is 35.6 Å². The third-order valence-corrected chi connectivity index (χ3v) is 3.21. The average molecular weight is 301 g/mol. The van der Waals surface area contributed by atoms with Crippen LogP contribution in [0.3, 0.4) is 0 Å². The molecule has 1 rings (SSSR count). The molecule has 1 N–H and O–H groups in total. The van der Waals surface area contributed by atoms with Crippen LogP contribution >= 0.6 is 15.9 Å². The second kappa shape index (κ2) is 6.79. The van der Waals surface area contributed by atoms with Crippen molar-refractivity contribution in [3.8, 4) is 0 Å². The summed E-state index contributed by atoms with van der Waals surface area (Å²) in [5.41, 5.74) is 0. The Balaban J connectivity index is 3.06. The lowest BCUT2D eigenvalue weighted by Crippen LogP contribution is -2.32. The lowest BCUT2D eigenvalue weighted by molar-refractivity contribution is 0.659. The van der Waals surface area contributed by atoms with E-state index in [9.17, 15) is 0 Å². The van der Waals surface area contributed by atoms with Crippen LogP contribution in [0.2, 0.25) is 0 Å². The van der Waals surface area contributed by atoms with Crippen molar-refractivity contribution in [1.29, 1.82) is 0 Å². The van der Waals surface area contributed by atoms with Crippen LogP contribution in [-0.4, -0.2) is 29.1 Å². The van der Waals surface area contributed by atoms with Crippen LogP contribution in [0.15, 0.2) is 10.8 Å². The van der Waals surface area contributed by atoms with Gasteiger partial charge in [-0.2, -0.15) is 0 Å². The molecule has 0 bridgehead atoms. The fourth-order valence-corrected chi connectivity index (χ4v) is 2.27. The van der Waals surface area contributed by atoms with Gasteiger partial charge in [-0.3, -0.25) is 0 Å². The molecular weight excluding hydrogens is 280 g/mol. The Hall–Kier alpha value is -0.840. The first-order chi connectivity index (χ1) is 8.11. The van der Waals surface area contributed by atoms with E-state index in [0.29, 0.717) is 6.04 Å². The van der Waals surface area contributed by atoms with Crippen molar-refractivity contribution in [1.82, 2.24) is 9.97 Å². The molecule has 0 spiro atoms. The van der Waals surface area contributed by atoms with E-state index in [1.807, 2.05) is 0 Å². The lowest BCUT2D eigenvalue weighted by Gasteiger charge is -2.28. The molecule has 0 saturated carbocycles. The minimum Gasteiger partial charge on any atom is -0.369 e. The normalized spacial score (nSPS) is 10.7. The zero-order valence-electron chi connectivity index (χ0n) is 11.0. The highest BCUT2D eigenvalue weighted by atomic mass is 79.9. The predicted molar refractivity (Wildman–Crippen MR) is 76.7 cm³/mol. The van der Waals surface area contributed by atoms with E-state index in [1.54, 1.807) is 6.33 Å². The number of anilines is 2. The third kappa shape index (κ3) is 3.56. The molecule has 17 heavy (non-hydrogen) atoms. The molecule has 96 valence electrons. The van der Waals surface area contributed by atoms with Crippen LogP contribution in [0.1, 0.15) is 34.1 Å². The van der Waals surface area contributed by atoms with E-state index in [-0.39, 0.29) is 0 Å². The van der Waals surface area contributed by atoms with E-state index < -0.39 is 0 Å². The van der Waals surface area contributed by atoms with Gasteiger partial charge in [-0.05, 0) is 43.1 Å². The second-order valence-electron chi connectivity index (χ2n) is 4.18. The van der Waals surface area contributed by atoms with Gasteiger partial charge >= 0.3 is 0 Å². The van der Waals surface area contributed by atoms with Gasteiger partial charge in [0.05, 0.1) is 0 Å². The van der Waals surface area contributed by atoms with Gasteiger partial charge in [-0.25, -0.2) is 9.97 Å². The highest BCUT2D eigenvalue weighted by molar-refractivity contribution is 9.10. The fourth-order valence-electron chi connectivity index (χ4n) is 1.70. The summed E-state index contributed by atoms with van der Waals surface area (Å²) in [6, 6.07) is 0.427. The maximum Gasteiger partial charge on any atom is 0.148 e. The van der Waals surface area contributed by atoms with E-state index in [4.69, 9.17) is 0 Å². The Labute approximate surface area is 112 Å². The Morgan fingerprint density at radius 2 is 2.06 bits per heavy atom. The quantitative estimate of drug-likeness (QED) is 0.875. The van der Waals surface area contributed by atoms with Crippen LogP contribution in [0.25, 0.3) is 0 Å². The van der Waals surface area contributed by atoms with Gasteiger partial charge < -0.3 is 10.2 Å². The van der Waals surface area contributed by atoms with Gasteiger partial charge in [-0.1, -0.05) is 6.92 Å². The Morgan fingerprint density at radius 3 is 2.59 bits per heavy atom. The number of aromatic nitrogens is 2. The van der Waals surface area contributed by atoms with Gasteiger partial charge in [0.2, 0.25) is 0 Å². The fraction of sp³-hybridized carbons (Fsp3) is 0.667. The molecule has 0 amide bonds. The number of hydrogen-bond donors (Lipinski definition) is 1. The largest absolute Gasteiger partial charge is 0.369 e. The molecule has 5 heteroatoms. The van der Waals surface area contributed by atoms with Crippen molar-refractivity contribution in [2.24, 2.45) is 0 Å². The zero-order chi connectivity index (χ0) is 12.8. The molecular formula is C12H21BrN4. The number of hydrogen-bond acceptors (Lipinski definition) is 4. The molecule has 0 aliphatic heterocycles. The lowest BCUT2D eigenvalue weighted by atomic mass is 10.3. The molecule has 0 aliphatic rings. The van der Waals surface area contributed by atoms with Crippen molar-refractivity contribution in [3.05, 3.63) is 10.8 Å². The topological polar surface area (TPSA) is 41.1 Å². The van der Waals surface area contributed by atoms with Crippen LogP contribution in [0, 0.1) is 0 Å². The first-order valence-electron chi connectivity index (χ1n) is 6.12. The van der Waals surface area contributed by atoms with Gasteiger partial charge in [-0.15, -0.1) is 0 Å². The summed E-state index contributed by atoms with van der Waals surface area (Å²) in [6.07, 6.45) is 2.72. The number of nitrogens with one attached hydrogen (secondary N) is 1. The predicted octanol–water partition coefficient (Wildman–Crippen LogP) is 3.30. The first-order valence-corrected chi connectivity index (χ1v) is 6.92. The summed E-state index contributed by atoms with van der Waals surface area (Å²) in [4.78, 5) is 10.9. The standard InChI is InChI=1S/C12H21BrN4/c1-5-7-17(9(3)4)12-10(13)11(14-6-2)15-8-16-12/h8-9H,5-7H2,1-4H3,(H,14,15,16). The van der Waals surface area contributed by atoms with Crippen molar-refractivity contribution in [2.75, 3.05) is 23.3 Å². The molecule has 0 atom stereocenters. The summed E-state index contributed by atoms with van der Waals surface area (Å²) < 4.78 is 0.948. The maximum absolute atomic E-state index is 4.39. The minimum absolute atomic E-state index is 0.427. The molecule has 1 aromatic rings. The molecule has 0 aromatic carbocycles. The average Bonchev–Trinajstić information content (AvgIpc) is 2.29. The van der Waals surface area contributed by atoms with Gasteiger partial charge in [0.15, 0.2) is 0 Å². The number of nitrogens with zero attached hydrogens (tertiary/aromatic N) is 3. The van der Waals surface area contributed by atoms with Crippen LogP contribution in [0.4, 0.5) is 11.6 Å².